The molecule has 0 aromatic heterocycles. The maximum atomic E-state index is 12.6. The molecule has 7 heteroatoms. The summed E-state index contributed by atoms with van der Waals surface area (Å²) in [6, 6.07) is 14.0. The van der Waals surface area contributed by atoms with Gasteiger partial charge >= 0.3 is 0 Å². The fourth-order valence-corrected chi connectivity index (χ4v) is 3.46. The van der Waals surface area contributed by atoms with Crippen LogP contribution in [-0.2, 0) is 4.79 Å². The molecule has 0 aliphatic carbocycles. The fraction of sp³-hybridized carbons (Fsp3) is 0.348. The number of nitrogens with zero attached hydrogens (tertiary/aromatic N) is 1. The van der Waals surface area contributed by atoms with Gasteiger partial charge in [-0.2, -0.15) is 0 Å². The van der Waals surface area contributed by atoms with Gasteiger partial charge in [0.2, 0.25) is 5.91 Å². The average Bonchev–Trinajstić information content (AvgIpc) is 3.07. The van der Waals surface area contributed by atoms with Crippen molar-refractivity contribution in [1.82, 2.24) is 10.2 Å². The lowest BCUT2D eigenvalue weighted by molar-refractivity contribution is -0.114. The van der Waals surface area contributed by atoms with E-state index in [2.05, 4.69) is 16.0 Å². The predicted molar refractivity (Wildman–Crippen MR) is 118 cm³/mol. The molecule has 1 saturated heterocycles. The van der Waals surface area contributed by atoms with Gasteiger partial charge in [-0.05, 0) is 55.3 Å². The molecule has 30 heavy (non-hydrogen) atoms. The van der Waals surface area contributed by atoms with Crippen molar-refractivity contribution in [3.8, 4) is 0 Å². The monoisotopic (exact) mass is 408 g/mol. The summed E-state index contributed by atoms with van der Waals surface area (Å²) in [5.74, 6) is -0.370. The van der Waals surface area contributed by atoms with Gasteiger partial charge < -0.3 is 20.9 Å². The smallest absolute Gasteiger partial charge is 0.253 e. The van der Waals surface area contributed by atoms with Crippen molar-refractivity contribution < 1.29 is 14.4 Å². The summed E-state index contributed by atoms with van der Waals surface area (Å²) in [7, 11) is 1.56. The molecule has 2 aromatic carbocycles. The molecule has 0 radical (unpaired) electrons. The third-order valence-electron chi connectivity index (χ3n) is 5.11. The van der Waals surface area contributed by atoms with E-state index in [0.29, 0.717) is 16.8 Å². The van der Waals surface area contributed by atoms with Crippen LogP contribution in [0.3, 0.4) is 0 Å². The second-order valence-electron chi connectivity index (χ2n) is 7.35. The van der Waals surface area contributed by atoms with Crippen molar-refractivity contribution in [2.45, 2.75) is 25.7 Å². The molecule has 3 N–H and O–H groups in total. The number of amides is 3. The van der Waals surface area contributed by atoms with Crippen LogP contribution in [0.4, 0.5) is 11.4 Å². The van der Waals surface area contributed by atoms with E-state index < -0.39 is 0 Å². The Kier molecular flexibility index (Phi) is 7.43. The summed E-state index contributed by atoms with van der Waals surface area (Å²) in [4.78, 5) is 38.5. The summed E-state index contributed by atoms with van der Waals surface area (Å²) in [5, 5.41) is 8.37. The zero-order valence-electron chi connectivity index (χ0n) is 17.2. The van der Waals surface area contributed by atoms with Gasteiger partial charge in [-0.3, -0.25) is 14.4 Å². The Hall–Kier alpha value is -3.35. The Balaban J connectivity index is 1.51. The van der Waals surface area contributed by atoms with Gasteiger partial charge in [0.1, 0.15) is 0 Å². The van der Waals surface area contributed by atoms with Crippen molar-refractivity contribution >= 4 is 29.1 Å². The topological polar surface area (TPSA) is 90.5 Å². The van der Waals surface area contributed by atoms with Crippen LogP contribution in [0.25, 0.3) is 0 Å². The molecule has 1 fully saturated rings. The van der Waals surface area contributed by atoms with Crippen molar-refractivity contribution in [1.29, 1.82) is 0 Å². The number of carbonyl (C=O) groups excluding carboxylic acids is 3. The molecule has 2 aromatic rings. The fourth-order valence-electron chi connectivity index (χ4n) is 3.46. The number of hydrogen-bond acceptors (Lipinski definition) is 4. The molecule has 158 valence electrons. The Morgan fingerprint density at radius 2 is 1.57 bits per heavy atom. The lowest BCUT2D eigenvalue weighted by Crippen LogP contribution is -2.31. The Bertz CT molecular complexity index is 888. The highest BCUT2D eigenvalue weighted by atomic mass is 16.2. The molecule has 1 aliphatic rings. The van der Waals surface area contributed by atoms with E-state index in [-0.39, 0.29) is 24.3 Å². The molecule has 3 rings (SSSR count). The first kappa shape index (κ1) is 21.4. The second kappa shape index (κ2) is 10.4. The van der Waals surface area contributed by atoms with E-state index in [4.69, 9.17) is 0 Å². The molecule has 0 atom stereocenters. The van der Waals surface area contributed by atoms with Crippen LogP contribution in [-0.4, -0.2) is 49.3 Å². The standard InChI is InChI=1S/C23H28N4O3/c1-24-22(29)18-7-6-8-20(15-18)26-21(28)16-25-19-11-9-17(10-12-19)23(30)27-13-4-2-3-5-14-27/h6-12,15,25H,2-5,13-14,16H2,1H3,(H,24,29)(H,26,28). The minimum atomic E-state index is -0.228. The van der Waals surface area contributed by atoms with Crippen LogP contribution < -0.4 is 16.0 Å². The van der Waals surface area contributed by atoms with E-state index >= 15 is 0 Å². The van der Waals surface area contributed by atoms with Crippen LogP contribution in [0, 0.1) is 0 Å². The molecule has 1 aliphatic heterocycles. The molecule has 1 heterocycles. The SMILES string of the molecule is CNC(=O)c1cccc(NC(=O)CNc2ccc(C(=O)N3CCCCCC3)cc2)c1. The molecule has 3 amide bonds. The van der Waals surface area contributed by atoms with E-state index in [9.17, 15) is 14.4 Å². The first-order valence-electron chi connectivity index (χ1n) is 10.3. The zero-order chi connectivity index (χ0) is 21.3. The highest BCUT2D eigenvalue weighted by Gasteiger charge is 2.17. The quantitative estimate of drug-likeness (QED) is 0.685. The minimum Gasteiger partial charge on any atom is -0.376 e. The first-order valence-corrected chi connectivity index (χ1v) is 10.3. The lowest BCUT2D eigenvalue weighted by Gasteiger charge is -2.20. The van der Waals surface area contributed by atoms with Crippen LogP contribution >= 0.6 is 0 Å². The average molecular weight is 409 g/mol. The minimum absolute atomic E-state index is 0.0668. The van der Waals surface area contributed by atoms with Crippen LogP contribution in [0.1, 0.15) is 46.4 Å². The van der Waals surface area contributed by atoms with Crippen molar-refractivity contribution in [3.63, 3.8) is 0 Å². The highest BCUT2D eigenvalue weighted by Crippen LogP contribution is 2.16. The molecule has 0 saturated carbocycles. The van der Waals surface area contributed by atoms with Gasteiger partial charge in [-0.1, -0.05) is 18.9 Å². The number of nitrogens with one attached hydrogen (secondary N) is 3. The number of anilines is 2. The third kappa shape index (κ3) is 5.83. The summed E-state index contributed by atoms with van der Waals surface area (Å²) < 4.78 is 0. The normalized spacial score (nSPS) is 13.8. The van der Waals surface area contributed by atoms with Gasteiger partial charge in [-0.15, -0.1) is 0 Å². The van der Waals surface area contributed by atoms with Gasteiger partial charge in [0, 0.05) is 42.6 Å². The molecular weight excluding hydrogens is 380 g/mol. The maximum absolute atomic E-state index is 12.6. The van der Waals surface area contributed by atoms with Gasteiger partial charge in [0.15, 0.2) is 0 Å². The third-order valence-corrected chi connectivity index (χ3v) is 5.11. The summed E-state index contributed by atoms with van der Waals surface area (Å²) in [5.41, 5.74) is 2.46. The van der Waals surface area contributed by atoms with E-state index in [1.165, 1.54) is 12.8 Å². The number of benzene rings is 2. The largest absolute Gasteiger partial charge is 0.376 e. The summed E-state index contributed by atoms with van der Waals surface area (Å²) in [6.07, 6.45) is 4.49. The Morgan fingerprint density at radius 1 is 0.867 bits per heavy atom. The zero-order valence-corrected chi connectivity index (χ0v) is 17.2. The van der Waals surface area contributed by atoms with Crippen molar-refractivity contribution in [2.75, 3.05) is 37.3 Å². The second-order valence-corrected chi connectivity index (χ2v) is 7.35. The van der Waals surface area contributed by atoms with E-state index in [1.54, 1.807) is 43.4 Å². The van der Waals surface area contributed by atoms with Crippen molar-refractivity contribution in [2.24, 2.45) is 0 Å². The number of rotatable bonds is 6. The summed E-state index contributed by atoms with van der Waals surface area (Å²) >= 11 is 0. The highest BCUT2D eigenvalue weighted by molar-refractivity contribution is 5.98. The van der Waals surface area contributed by atoms with Crippen LogP contribution in [0.15, 0.2) is 48.5 Å². The van der Waals surface area contributed by atoms with Crippen molar-refractivity contribution in [3.05, 3.63) is 59.7 Å². The van der Waals surface area contributed by atoms with Gasteiger partial charge in [0.25, 0.3) is 11.8 Å². The maximum Gasteiger partial charge on any atom is 0.253 e. The predicted octanol–water partition coefficient (Wildman–Crippen LogP) is 3.11. The summed E-state index contributed by atoms with van der Waals surface area (Å²) in [6.45, 7) is 1.71. The molecule has 0 bridgehead atoms. The van der Waals surface area contributed by atoms with E-state index in [1.807, 2.05) is 17.0 Å². The van der Waals surface area contributed by atoms with Gasteiger partial charge in [-0.25, -0.2) is 0 Å². The van der Waals surface area contributed by atoms with E-state index in [0.717, 1.165) is 31.6 Å². The number of hydrogen-bond donors (Lipinski definition) is 3. The Labute approximate surface area is 176 Å². The Morgan fingerprint density at radius 3 is 2.23 bits per heavy atom. The molecule has 0 spiro atoms. The lowest BCUT2D eigenvalue weighted by atomic mass is 10.1. The van der Waals surface area contributed by atoms with Crippen LogP contribution in [0.2, 0.25) is 0 Å². The number of likely N-dealkylation sites (tertiary alicyclic amines) is 1. The molecule has 7 nitrogen and oxygen atoms in total. The molecule has 0 unspecified atom stereocenters. The van der Waals surface area contributed by atoms with Crippen LogP contribution in [0.5, 0.6) is 0 Å². The van der Waals surface area contributed by atoms with Gasteiger partial charge in [0.05, 0.1) is 6.54 Å². The number of carbonyl (C=O) groups is 3. The molecular formula is C23H28N4O3. The first-order chi connectivity index (χ1) is 14.6.